The van der Waals surface area contributed by atoms with Crippen molar-refractivity contribution < 1.29 is 9.59 Å². The Balaban J connectivity index is 1.66. The fraction of sp³-hybridized carbons (Fsp3) is 0.310. The molecule has 1 aliphatic carbocycles. The van der Waals surface area contributed by atoms with Gasteiger partial charge >= 0.3 is 0 Å². The minimum atomic E-state index is -0.649. The van der Waals surface area contributed by atoms with E-state index in [-0.39, 0.29) is 24.3 Å². The molecule has 0 aromatic heterocycles. The topological polar surface area (TPSA) is 49.4 Å². The van der Waals surface area contributed by atoms with Gasteiger partial charge in [0.15, 0.2) is 0 Å². The molecular formula is C29H30Cl2N2O2. The summed E-state index contributed by atoms with van der Waals surface area (Å²) in [7, 11) is 0. The first-order valence-electron chi connectivity index (χ1n) is 12.1. The molecule has 6 heteroatoms. The fourth-order valence-corrected chi connectivity index (χ4v) is 4.94. The van der Waals surface area contributed by atoms with Gasteiger partial charge in [0.05, 0.1) is 6.42 Å². The van der Waals surface area contributed by atoms with E-state index in [0.29, 0.717) is 23.0 Å². The molecule has 1 saturated carbocycles. The Morgan fingerprint density at radius 2 is 1.51 bits per heavy atom. The van der Waals surface area contributed by atoms with Gasteiger partial charge in [-0.05, 0) is 47.7 Å². The minimum absolute atomic E-state index is 0.109. The van der Waals surface area contributed by atoms with Crippen molar-refractivity contribution in [3.63, 3.8) is 0 Å². The second kappa shape index (κ2) is 12.2. The predicted octanol–water partition coefficient (Wildman–Crippen LogP) is 6.23. The Labute approximate surface area is 217 Å². The van der Waals surface area contributed by atoms with Crippen molar-refractivity contribution in [2.24, 2.45) is 0 Å². The van der Waals surface area contributed by atoms with Gasteiger partial charge in [-0.2, -0.15) is 0 Å². The smallest absolute Gasteiger partial charge is 0.243 e. The predicted molar refractivity (Wildman–Crippen MR) is 141 cm³/mol. The number of hydrogen-bond acceptors (Lipinski definition) is 2. The lowest BCUT2D eigenvalue weighted by molar-refractivity contribution is -0.141. The van der Waals surface area contributed by atoms with Gasteiger partial charge in [-0.25, -0.2) is 0 Å². The maximum absolute atomic E-state index is 13.8. The molecule has 2 amide bonds. The van der Waals surface area contributed by atoms with Crippen LogP contribution in [0.2, 0.25) is 10.0 Å². The molecule has 4 rings (SSSR count). The summed E-state index contributed by atoms with van der Waals surface area (Å²) < 4.78 is 0. The molecule has 1 N–H and O–H groups in total. The second-order valence-corrected chi connectivity index (χ2v) is 9.96. The maximum Gasteiger partial charge on any atom is 0.243 e. The zero-order valence-electron chi connectivity index (χ0n) is 19.6. The van der Waals surface area contributed by atoms with E-state index in [9.17, 15) is 9.59 Å². The SMILES string of the molecule is O=C(NC1CCCC1)[C@H](Cc1ccccc1)N(Cc1ccc(Cl)cc1)C(=O)Cc1ccccc1Cl. The summed E-state index contributed by atoms with van der Waals surface area (Å²) in [6.45, 7) is 0.302. The molecule has 0 radical (unpaired) electrons. The minimum Gasteiger partial charge on any atom is -0.352 e. The monoisotopic (exact) mass is 508 g/mol. The van der Waals surface area contributed by atoms with Gasteiger partial charge in [0.1, 0.15) is 6.04 Å². The zero-order chi connectivity index (χ0) is 24.6. The van der Waals surface area contributed by atoms with E-state index in [1.807, 2.05) is 60.7 Å². The maximum atomic E-state index is 13.8. The summed E-state index contributed by atoms with van der Waals surface area (Å²) in [5.41, 5.74) is 2.66. The quantitative estimate of drug-likeness (QED) is 0.372. The summed E-state index contributed by atoms with van der Waals surface area (Å²) in [5.74, 6) is -0.252. The lowest BCUT2D eigenvalue weighted by Crippen LogP contribution is -2.52. The molecule has 4 nitrogen and oxygen atoms in total. The Kier molecular flexibility index (Phi) is 8.84. The molecular weight excluding hydrogens is 479 g/mol. The highest BCUT2D eigenvalue weighted by molar-refractivity contribution is 6.31. The van der Waals surface area contributed by atoms with Crippen molar-refractivity contribution in [2.45, 2.75) is 57.2 Å². The molecule has 1 atom stereocenters. The van der Waals surface area contributed by atoms with E-state index in [0.717, 1.165) is 42.4 Å². The van der Waals surface area contributed by atoms with E-state index in [1.165, 1.54) is 0 Å². The van der Waals surface area contributed by atoms with Crippen molar-refractivity contribution in [2.75, 3.05) is 0 Å². The van der Waals surface area contributed by atoms with Gasteiger partial charge in [0.25, 0.3) is 0 Å². The largest absolute Gasteiger partial charge is 0.352 e. The third-order valence-corrected chi connectivity index (χ3v) is 7.16. The van der Waals surface area contributed by atoms with Gasteiger partial charge in [-0.15, -0.1) is 0 Å². The highest BCUT2D eigenvalue weighted by Gasteiger charge is 2.32. The first-order valence-corrected chi connectivity index (χ1v) is 12.9. The lowest BCUT2D eigenvalue weighted by Gasteiger charge is -2.32. The van der Waals surface area contributed by atoms with Crippen LogP contribution >= 0.6 is 23.2 Å². The van der Waals surface area contributed by atoms with Crippen molar-refractivity contribution in [3.8, 4) is 0 Å². The van der Waals surface area contributed by atoms with Crippen LogP contribution in [0.15, 0.2) is 78.9 Å². The molecule has 0 bridgehead atoms. The third-order valence-electron chi connectivity index (χ3n) is 6.54. The normalized spacial score (nSPS) is 14.5. The summed E-state index contributed by atoms with van der Waals surface area (Å²) in [5, 5.41) is 4.40. The van der Waals surface area contributed by atoms with Crippen LogP contribution in [0, 0.1) is 0 Å². The Morgan fingerprint density at radius 3 is 2.20 bits per heavy atom. The number of carbonyl (C=O) groups is 2. The Bertz CT molecular complexity index is 1130. The number of nitrogens with one attached hydrogen (secondary N) is 1. The third kappa shape index (κ3) is 7.09. The van der Waals surface area contributed by atoms with Crippen LogP contribution in [-0.4, -0.2) is 28.8 Å². The summed E-state index contributed by atoms with van der Waals surface area (Å²) in [4.78, 5) is 29.1. The van der Waals surface area contributed by atoms with Crippen molar-refractivity contribution in [1.82, 2.24) is 10.2 Å². The van der Waals surface area contributed by atoms with Crippen LogP contribution in [0.1, 0.15) is 42.4 Å². The molecule has 35 heavy (non-hydrogen) atoms. The summed E-state index contributed by atoms with van der Waals surface area (Å²) in [6, 6.07) is 24.1. The molecule has 0 spiro atoms. The number of benzene rings is 3. The molecule has 3 aromatic carbocycles. The molecule has 1 fully saturated rings. The van der Waals surface area contributed by atoms with Crippen LogP contribution in [0.4, 0.5) is 0 Å². The first-order chi connectivity index (χ1) is 17.0. The van der Waals surface area contributed by atoms with Crippen LogP contribution in [0.25, 0.3) is 0 Å². The average Bonchev–Trinajstić information content (AvgIpc) is 3.37. The van der Waals surface area contributed by atoms with Crippen molar-refractivity contribution in [3.05, 3.63) is 106 Å². The Morgan fingerprint density at radius 1 is 0.857 bits per heavy atom. The molecule has 0 unspecified atom stereocenters. The molecule has 1 aliphatic rings. The van der Waals surface area contributed by atoms with Crippen LogP contribution in [-0.2, 0) is 29.0 Å². The Hall–Kier alpha value is -2.82. The van der Waals surface area contributed by atoms with E-state index in [1.54, 1.807) is 23.1 Å². The van der Waals surface area contributed by atoms with Crippen molar-refractivity contribution in [1.29, 1.82) is 0 Å². The summed E-state index contributed by atoms with van der Waals surface area (Å²) in [6.07, 6.45) is 4.75. The highest BCUT2D eigenvalue weighted by atomic mass is 35.5. The lowest BCUT2D eigenvalue weighted by atomic mass is 10.0. The fourth-order valence-electron chi connectivity index (χ4n) is 4.61. The number of carbonyl (C=O) groups excluding carboxylic acids is 2. The van der Waals surface area contributed by atoms with Gasteiger partial charge in [-0.3, -0.25) is 9.59 Å². The zero-order valence-corrected chi connectivity index (χ0v) is 21.1. The van der Waals surface area contributed by atoms with E-state index < -0.39 is 6.04 Å². The van der Waals surface area contributed by atoms with Gasteiger partial charge in [0, 0.05) is 29.1 Å². The van der Waals surface area contributed by atoms with Gasteiger partial charge in [-0.1, -0.05) is 96.7 Å². The molecule has 182 valence electrons. The second-order valence-electron chi connectivity index (χ2n) is 9.11. The number of rotatable bonds is 9. The molecule has 0 saturated heterocycles. The average molecular weight is 509 g/mol. The standard InChI is InChI=1S/C29H30Cl2N2O2/c30-24-16-14-22(15-17-24)20-33(28(34)19-23-10-4-7-13-26(23)31)27(18-21-8-2-1-3-9-21)29(35)32-25-11-5-6-12-25/h1-4,7-10,13-17,25,27H,5-6,11-12,18-20H2,(H,32,35)/t27-/m0/s1. The van der Waals surface area contributed by atoms with Crippen LogP contribution in [0.5, 0.6) is 0 Å². The van der Waals surface area contributed by atoms with E-state index in [2.05, 4.69) is 5.32 Å². The van der Waals surface area contributed by atoms with Gasteiger partial charge < -0.3 is 10.2 Å². The number of nitrogens with zero attached hydrogens (tertiary/aromatic N) is 1. The number of amides is 2. The summed E-state index contributed by atoms with van der Waals surface area (Å²) >= 11 is 12.5. The molecule has 0 heterocycles. The van der Waals surface area contributed by atoms with E-state index >= 15 is 0 Å². The first kappa shape index (κ1) is 25.3. The van der Waals surface area contributed by atoms with Crippen molar-refractivity contribution >= 4 is 35.0 Å². The molecule has 3 aromatic rings. The highest BCUT2D eigenvalue weighted by Crippen LogP contribution is 2.22. The van der Waals surface area contributed by atoms with Gasteiger partial charge in [0.2, 0.25) is 11.8 Å². The number of halogens is 2. The molecule has 0 aliphatic heterocycles. The van der Waals surface area contributed by atoms with E-state index in [4.69, 9.17) is 23.2 Å². The number of hydrogen-bond donors (Lipinski definition) is 1. The van der Waals surface area contributed by atoms with Crippen LogP contribution < -0.4 is 5.32 Å². The van der Waals surface area contributed by atoms with Crippen LogP contribution in [0.3, 0.4) is 0 Å².